The average Bonchev–Trinajstić information content (AvgIpc) is 3.25. The molecule has 9 heteroatoms. The topological polar surface area (TPSA) is 101 Å². The molecule has 1 amide bonds. The number of nitrogens with zero attached hydrogens (tertiary/aromatic N) is 3. The second-order valence-electron chi connectivity index (χ2n) is 8.36. The SMILES string of the molecule is CC1CCCN(S(=O)(=O)c2ccc(C(=O)Nc3ccc(C(=O)c4nccn4C)cc3)cc2)C1. The van der Waals surface area contributed by atoms with E-state index < -0.39 is 10.0 Å². The van der Waals surface area contributed by atoms with Crippen molar-refractivity contribution in [2.24, 2.45) is 13.0 Å². The molecule has 1 aromatic heterocycles. The van der Waals surface area contributed by atoms with Crippen molar-refractivity contribution < 1.29 is 18.0 Å². The Kier molecular flexibility index (Phi) is 6.44. The summed E-state index contributed by atoms with van der Waals surface area (Å²) in [4.78, 5) is 29.4. The van der Waals surface area contributed by atoms with Crippen LogP contribution in [-0.2, 0) is 17.1 Å². The summed E-state index contributed by atoms with van der Waals surface area (Å²) in [7, 11) is -1.82. The number of aromatic nitrogens is 2. The number of hydrogen-bond acceptors (Lipinski definition) is 5. The molecule has 2 aromatic carbocycles. The highest BCUT2D eigenvalue weighted by Crippen LogP contribution is 2.24. The number of aryl methyl sites for hydroxylation is 1. The molecular weight excluding hydrogens is 440 g/mol. The highest BCUT2D eigenvalue weighted by Gasteiger charge is 2.28. The molecule has 172 valence electrons. The van der Waals surface area contributed by atoms with Crippen molar-refractivity contribution >= 4 is 27.4 Å². The quantitative estimate of drug-likeness (QED) is 0.562. The maximum absolute atomic E-state index is 12.9. The van der Waals surface area contributed by atoms with Crippen molar-refractivity contribution in [3.05, 3.63) is 77.9 Å². The van der Waals surface area contributed by atoms with Gasteiger partial charge in [0.2, 0.25) is 15.8 Å². The number of imidazole rings is 1. The third-order valence-corrected chi connectivity index (χ3v) is 7.68. The van der Waals surface area contributed by atoms with Gasteiger partial charge in [-0.3, -0.25) is 9.59 Å². The molecule has 33 heavy (non-hydrogen) atoms. The Morgan fingerprint density at radius 1 is 1.03 bits per heavy atom. The van der Waals surface area contributed by atoms with Gasteiger partial charge in [0.05, 0.1) is 4.90 Å². The van der Waals surface area contributed by atoms with Gasteiger partial charge in [-0.05, 0) is 67.3 Å². The molecule has 1 N–H and O–H groups in total. The molecule has 1 unspecified atom stereocenters. The van der Waals surface area contributed by atoms with Gasteiger partial charge in [-0.15, -0.1) is 0 Å². The summed E-state index contributed by atoms with van der Waals surface area (Å²) in [5, 5.41) is 2.77. The van der Waals surface area contributed by atoms with Gasteiger partial charge >= 0.3 is 0 Å². The molecule has 8 nitrogen and oxygen atoms in total. The van der Waals surface area contributed by atoms with E-state index in [2.05, 4.69) is 17.2 Å². The van der Waals surface area contributed by atoms with Crippen LogP contribution in [0, 0.1) is 5.92 Å². The summed E-state index contributed by atoms with van der Waals surface area (Å²) in [6.07, 6.45) is 5.15. The Morgan fingerprint density at radius 2 is 1.70 bits per heavy atom. The first-order chi connectivity index (χ1) is 15.8. The number of piperidine rings is 1. The smallest absolute Gasteiger partial charge is 0.255 e. The van der Waals surface area contributed by atoms with Gasteiger partial charge < -0.3 is 9.88 Å². The molecule has 1 saturated heterocycles. The number of sulfonamides is 1. The van der Waals surface area contributed by atoms with Crippen LogP contribution < -0.4 is 5.32 Å². The zero-order chi connectivity index (χ0) is 23.6. The highest BCUT2D eigenvalue weighted by molar-refractivity contribution is 7.89. The number of ketones is 1. The van der Waals surface area contributed by atoms with E-state index in [0.717, 1.165) is 12.8 Å². The van der Waals surface area contributed by atoms with Crippen molar-refractivity contribution in [3.63, 3.8) is 0 Å². The number of amides is 1. The summed E-state index contributed by atoms with van der Waals surface area (Å²) in [5.74, 6) is 0.0961. The Bertz CT molecular complexity index is 1260. The monoisotopic (exact) mass is 466 g/mol. The Labute approximate surface area is 193 Å². The summed E-state index contributed by atoms with van der Waals surface area (Å²) < 4.78 is 28.9. The molecular formula is C24H26N4O4S. The first kappa shape index (κ1) is 22.9. The Morgan fingerprint density at radius 3 is 2.30 bits per heavy atom. The lowest BCUT2D eigenvalue weighted by Crippen LogP contribution is -2.39. The Balaban J connectivity index is 1.42. The van der Waals surface area contributed by atoms with Crippen molar-refractivity contribution in [2.75, 3.05) is 18.4 Å². The van der Waals surface area contributed by atoms with E-state index in [1.54, 1.807) is 48.3 Å². The third-order valence-electron chi connectivity index (χ3n) is 5.80. The molecule has 1 atom stereocenters. The maximum Gasteiger partial charge on any atom is 0.255 e. The molecule has 2 heterocycles. The number of carbonyl (C=O) groups excluding carboxylic acids is 2. The minimum absolute atomic E-state index is 0.185. The second kappa shape index (κ2) is 9.29. The molecule has 1 aliphatic heterocycles. The van der Waals surface area contributed by atoms with Gasteiger partial charge in [0.15, 0.2) is 5.82 Å². The van der Waals surface area contributed by atoms with Gasteiger partial charge in [-0.2, -0.15) is 4.31 Å². The van der Waals surface area contributed by atoms with Crippen molar-refractivity contribution in [2.45, 2.75) is 24.7 Å². The minimum Gasteiger partial charge on any atom is -0.331 e. The highest BCUT2D eigenvalue weighted by atomic mass is 32.2. The molecule has 0 bridgehead atoms. The zero-order valence-corrected chi connectivity index (χ0v) is 19.4. The van der Waals surface area contributed by atoms with E-state index in [-0.39, 0.29) is 16.6 Å². The van der Waals surface area contributed by atoms with Crippen LogP contribution in [0.4, 0.5) is 5.69 Å². The van der Waals surface area contributed by atoms with E-state index in [4.69, 9.17) is 0 Å². The van der Waals surface area contributed by atoms with Crippen LogP contribution in [0.1, 0.15) is 46.3 Å². The normalized spacial score (nSPS) is 17.0. The van der Waals surface area contributed by atoms with E-state index in [1.807, 2.05) is 0 Å². The Hall–Kier alpha value is -3.30. The summed E-state index contributed by atoms with van der Waals surface area (Å²) >= 11 is 0. The summed E-state index contributed by atoms with van der Waals surface area (Å²) in [5.41, 5.74) is 1.33. The van der Waals surface area contributed by atoms with Crippen LogP contribution in [0.5, 0.6) is 0 Å². The summed E-state index contributed by atoms with van der Waals surface area (Å²) in [6.45, 7) is 3.09. The molecule has 3 aromatic rings. The van der Waals surface area contributed by atoms with Gasteiger partial charge in [-0.1, -0.05) is 6.92 Å². The van der Waals surface area contributed by atoms with Gasteiger partial charge in [0.1, 0.15) is 0 Å². The standard InChI is InChI=1S/C24H26N4O4S/c1-17-4-3-14-28(16-17)33(31,32)21-11-7-19(8-12-21)24(30)26-20-9-5-18(6-10-20)22(29)23-25-13-15-27(23)2/h5-13,15,17H,3-4,14,16H2,1-2H3,(H,26,30). The van der Waals surface area contributed by atoms with Crippen molar-refractivity contribution in [3.8, 4) is 0 Å². The fraction of sp³-hybridized carbons (Fsp3) is 0.292. The zero-order valence-electron chi connectivity index (χ0n) is 18.6. The van der Waals surface area contributed by atoms with Crippen LogP contribution >= 0.6 is 0 Å². The summed E-state index contributed by atoms with van der Waals surface area (Å²) in [6, 6.07) is 12.5. The van der Waals surface area contributed by atoms with Gasteiger partial charge in [0.25, 0.3) is 5.91 Å². The van der Waals surface area contributed by atoms with Crippen molar-refractivity contribution in [1.29, 1.82) is 0 Å². The van der Waals surface area contributed by atoms with Crippen LogP contribution in [0.25, 0.3) is 0 Å². The first-order valence-electron chi connectivity index (χ1n) is 10.8. The van der Waals surface area contributed by atoms with Crippen LogP contribution in [-0.4, -0.2) is 47.1 Å². The number of hydrogen-bond donors (Lipinski definition) is 1. The molecule has 0 saturated carbocycles. The van der Waals surface area contributed by atoms with Gasteiger partial charge in [0, 0.05) is 49.3 Å². The lowest BCUT2D eigenvalue weighted by atomic mass is 10.0. The minimum atomic E-state index is -3.57. The number of carbonyl (C=O) groups is 2. The van der Waals surface area contributed by atoms with E-state index in [9.17, 15) is 18.0 Å². The molecule has 1 aliphatic rings. The number of nitrogens with one attached hydrogen (secondary N) is 1. The molecule has 0 aliphatic carbocycles. The molecule has 0 spiro atoms. The van der Waals surface area contributed by atoms with E-state index in [0.29, 0.717) is 41.6 Å². The maximum atomic E-state index is 12.9. The van der Waals surface area contributed by atoms with E-state index in [1.165, 1.54) is 28.6 Å². The largest absolute Gasteiger partial charge is 0.331 e. The average molecular weight is 467 g/mol. The molecule has 1 fully saturated rings. The molecule has 0 radical (unpaired) electrons. The second-order valence-corrected chi connectivity index (χ2v) is 10.3. The predicted octanol–water partition coefficient (Wildman–Crippen LogP) is 3.32. The number of benzene rings is 2. The fourth-order valence-electron chi connectivity index (χ4n) is 3.91. The number of anilines is 1. The van der Waals surface area contributed by atoms with E-state index >= 15 is 0 Å². The van der Waals surface area contributed by atoms with Crippen LogP contribution in [0.15, 0.2) is 65.8 Å². The van der Waals surface area contributed by atoms with Gasteiger partial charge in [-0.25, -0.2) is 13.4 Å². The van der Waals surface area contributed by atoms with Crippen LogP contribution in [0.3, 0.4) is 0 Å². The lowest BCUT2D eigenvalue weighted by molar-refractivity contribution is 0.102. The lowest BCUT2D eigenvalue weighted by Gasteiger charge is -2.30. The third kappa shape index (κ3) is 4.89. The first-order valence-corrected chi connectivity index (χ1v) is 12.2. The molecule has 4 rings (SSSR count). The van der Waals surface area contributed by atoms with Crippen molar-refractivity contribution in [1.82, 2.24) is 13.9 Å². The predicted molar refractivity (Wildman–Crippen MR) is 125 cm³/mol. The fourth-order valence-corrected chi connectivity index (χ4v) is 5.51. The van der Waals surface area contributed by atoms with Crippen LogP contribution in [0.2, 0.25) is 0 Å². The number of rotatable bonds is 6.